The third kappa shape index (κ3) is 12.9. The predicted octanol–water partition coefficient (Wildman–Crippen LogP) is 3.16. The Hall–Kier alpha value is 0.906. The lowest BCUT2D eigenvalue weighted by atomic mass is 10.3. The van der Waals surface area contributed by atoms with Crippen LogP contribution in [-0.4, -0.2) is 38.2 Å². The van der Waals surface area contributed by atoms with E-state index in [1.165, 1.54) is 11.0 Å². The van der Waals surface area contributed by atoms with Crippen molar-refractivity contribution in [3.05, 3.63) is 12.2 Å². The van der Waals surface area contributed by atoms with Gasteiger partial charge in [0.05, 0.1) is 6.61 Å². The summed E-state index contributed by atoms with van der Waals surface area (Å²) >= 11 is 3.60. The van der Waals surface area contributed by atoms with Gasteiger partial charge in [-0.1, -0.05) is 25.5 Å². The maximum Gasteiger partial charge on any atom is 0.468 e. The van der Waals surface area contributed by atoms with Gasteiger partial charge in [-0.3, -0.25) is 0 Å². The van der Waals surface area contributed by atoms with Gasteiger partial charge < -0.3 is 22.4 Å². The highest BCUT2D eigenvalue weighted by Crippen LogP contribution is 1.95. The highest BCUT2D eigenvalue weighted by Gasteiger charge is 1.87. The molecule has 0 aromatic rings. The Morgan fingerprint density at radius 2 is 1.86 bits per heavy atom. The summed E-state index contributed by atoms with van der Waals surface area (Å²) in [7, 11) is 0. The highest BCUT2D eigenvalue weighted by molar-refractivity contribution is 9.23. The van der Waals surface area contributed by atoms with E-state index in [1.54, 1.807) is 0 Å². The van der Waals surface area contributed by atoms with E-state index in [4.69, 9.17) is 9.47 Å². The SMILES string of the molecule is CCCOCOCC/C=C/C[CH2][Mg][Br]. The van der Waals surface area contributed by atoms with E-state index < -0.39 is 0 Å². The van der Waals surface area contributed by atoms with Gasteiger partial charge >= 0.3 is 18.2 Å². The van der Waals surface area contributed by atoms with Crippen molar-refractivity contribution in [2.45, 2.75) is 30.7 Å². The first-order chi connectivity index (χ1) is 6.91. The van der Waals surface area contributed by atoms with Gasteiger partial charge in [0.25, 0.3) is 0 Å². The molecule has 0 atom stereocenters. The predicted molar refractivity (Wildman–Crippen MR) is 64.9 cm³/mol. The maximum absolute atomic E-state index is 5.27. The number of hydrogen-bond donors (Lipinski definition) is 0. The molecule has 0 aromatic heterocycles. The molecule has 0 spiro atoms. The van der Waals surface area contributed by atoms with E-state index in [2.05, 4.69) is 32.0 Å². The topological polar surface area (TPSA) is 18.5 Å². The standard InChI is InChI=1S/C10H19O2.BrH.Mg/c1-3-5-6-7-9-12-10-11-8-4-2;;/h5-6H,1,3-4,7-10H2,2H3;1H;/q;;+1/p-1/b6-5+;;. The Morgan fingerprint density at radius 3 is 2.57 bits per heavy atom. The summed E-state index contributed by atoms with van der Waals surface area (Å²) in [4.78, 5) is 0. The molecule has 0 radical (unpaired) electrons. The van der Waals surface area contributed by atoms with Crippen LogP contribution in [0.3, 0.4) is 0 Å². The van der Waals surface area contributed by atoms with Gasteiger partial charge in [-0.15, -0.1) is 4.55 Å². The highest BCUT2D eigenvalue weighted by atomic mass is 79.9. The first kappa shape index (κ1) is 14.9. The fraction of sp³-hybridized carbons (Fsp3) is 0.800. The van der Waals surface area contributed by atoms with Crippen molar-refractivity contribution in [3.63, 3.8) is 0 Å². The molecule has 0 aliphatic carbocycles. The molecule has 0 rings (SSSR count). The molecule has 0 fully saturated rings. The number of halogens is 1. The smallest absolute Gasteiger partial charge is 0.355 e. The van der Waals surface area contributed by atoms with Gasteiger partial charge in [0.1, 0.15) is 6.79 Å². The molecule has 0 aliphatic rings. The molecular weight excluding hydrogens is 256 g/mol. The Labute approximate surface area is 103 Å². The molecule has 0 bridgehead atoms. The quantitative estimate of drug-likeness (QED) is 0.264. The van der Waals surface area contributed by atoms with Crippen LogP contribution >= 0.6 is 12.9 Å². The fourth-order valence-corrected chi connectivity index (χ4v) is 2.26. The minimum Gasteiger partial charge on any atom is -0.355 e. The second-order valence-corrected chi connectivity index (χ2v) is 6.49. The lowest BCUT2D eigenvalue weighted by Crippen LogP contribution is -2.01. The molecule has 0 amide bonds. The summed E-state index contributed by atoms with van der Waals surface area (Å²) in [5.74, 6) is 0. The van der Waals surface area contributed by atoms with Gasteiger partial charge in [0, 0.05) is 6.61 Å². The Morgan fingerprint density at radius 1 is 1.14 bits per heavy atom. The molecule has 0 saturated carbocycles. The van der Waals surface area contributed by atoms with Crippen LogP contribution in [0.1, 0.15) is 26.2 Å². The van der Waals surface area contributed by atoms with Crippen LogP contribution in [0.2, 0.25) is 4.55 Å². The van der Waals surface area contributed by atoms with Gasteiger partial charge in [-0.25, -0.2) is 0 Å². The lowest BCUT2D eigenvalue weighted by molar-refractivity contribution is -0.0519. The van der Waals surface area contributed by atoms with Crippen LogP contribution < -0.4 is 0 Å². The number of ether oxygens (including phenoxy) is 2. The summed E-state index contributed by atoms with van der Waals surface area (Å²) in [6, 6.07) is 0. The third-order valence-corrected chi connectivity index (χ3v) is 3.97. The number of allylic oxidation sites excluding steroid dienone is 1. The molecule has 0 saturated heterocycles. The van der Waals surface area contributed by atoms with Crippen molar-refractivity contribution in [1.82, 2.24) is 0 Å². The van der Waals surface area contributed by atoms with Crippen LogP contribution in [0.15, 0.2) is 12.2 Å². The van der Waals surface area contributed by atoms with Gasteiger partial charge in [-0.05, 0) is 12.8 Å². The summed E-state index contributed by atoms with van der Waals surface area (Å²) in [5.41, 5.74) is 0. The molecule has 4 heteroatoms. The first-order valence-corrected chi connectivity index (χ1v) is 10.2. The Bertz CT molecular complexity index is 131. The van der Waals surface area contributed by atoms with E-state index in [-0.39, 0.29) is 18.2 Å². The average Bonchev–Trinajstić information content (AvgIpc) is 2.21. The van der Waals surface area contributed by atoms with Crippen LogP contribution in [0.4, 0.5) is 0 Å². The van der Waals surface area contributed by atoms with Crippen molar-refractivity contribution in [1.29, 1.82) is 0 Å². The fourth-order valence-electron chi connectivity index (χ4n) is 0.903. The van der Waals surface area contributed by atoms with Crippen LogP contribution in [0.25, 0.3) is 0 Å². The molecular formula is C10H19BrMgO2. The van der Waals surface area contributed by atoms with Gasteiger partial charge in [0.2, 0.25) is 0 Å². The first-order valence-electron chi connectivity index (χ1n) is 5.28. The van der Waals surface area contributed by atoms with Gasteiger partial charge in [-0.2, -0.15) is 0 Å². The lowest BCUT2D eigenvalue weighted by Gasteiger charge is -2.02. The third-order valence-electron chi connectivity index (χ3n) is 1.62. The zero-order valence-electron chi connectivity index (χ0n) is 9.01. The second-order valence-electron chi connectivity index (χ2n) is 3.03. The number of hydrogen-bond acceptors (Lipinski definition) is 2. The van der Waals surface area contributed by atoms with E-state index in [1.807, 2.05) is 0 Å². The summed E-state index contributed by atoms with van der Waals surface area (Å²) in [6.45, 7) is 4.10. The Kier molecular flexibility index (Phi) is 14.8. The molecule has 0 aliphatic heterocycles. The second kappa shape index (κ2) is 13.9. The molecule has 80 valence electrons. The van der Waals surface area contributed by atoms with E-state index >= 15 is 0 Å². The van der Waals surface area contributed by atoms with Crippen LogP contribution in [0, 0.1) is 0 Å². The Balaban J connectivity index is 2.94. The maximum atomic E-state index is 5.27. The molecule has 0 N–H and O–H groups in total. The molecule has 0 unspecified atom stereocenters. The summed E-state index contributed by atoms with van der Waals surface area (Å²) < 4.78 is 11.8. The molecule has 0 aromatic carbocycles. The van der Waals surface area contributed by atoms with Crippen molar-refractivity contribution < 1.29 is 9.47 Å². The summed E-state index contributed by atoms with van der Waals surface area (Å²) in [6.07, 6.45) is 7.70. The zero-order chi connectivity index (χ0) is 10.5. The average molecular weight is 275 g/mol. The van der Waals surface area contributed by atoms with Crippen LogP contribution in [0.5, 0.6) is 0 Å². The van der Waals surface area contributed by atoms with Crippen molar-refractivity contribution in [2.75, 3.05) is 20.0 Å². The molecule has 14 heavy (non-hydrogen) atoms. The molecule has 0 heterocycles. The van der Waals surface area contributed by atoms with Crippen molar-refractivity contribution in [3.8, 4) is 0 Å². The molecule has 2 nitrogen and oxygen atoms in total. The minimum absolute atomic E-state index is 0.0704. The zero-order valence-corrected chi connectivity index (χ0v) is 12.0. The normalized spacial score (nSPS) is 10.7. The van der Waals surface area contributed by atoms with Crippen LogP contribution in [-0.2, 0) is 9.47 Å². The van der Waals surface area contributed by atoms with E-state index in [0.29, 0.717) is 6.79 Å². The largest absolute Gasteiger partial charge is 0.468 e. The van der Waals surface area contributed by atoms with Crippen molar-refractivity contribution in [2.24, 2.45) is 0 Å². The van der Waals surface area contributed by atoms with Crippen molar-refractivity contribution >= 4 is 31.1 Å². The van der Waals surface area contributed by atoms with E-state index in [0.717, 1.165) is 26.1 Å². The summed E-state index contributed by atoms with van der Waals surface area (Å²) in [5, 5.41) is 0. The van der Waals surface area contributed by atoms with Gasteiger partial charge in [0.15, 0.2) is 0 Å². The number of rotatable bonds is 10. The minimum atomic E-state index is 0.0704. The van der Waals surface area contributed by atoms with E-state index in [9.17, 15) is 0 Å². The monoisotopic (exact) mass is 274 g/mol.